The first kappa shape index (κ1) is 26.1. The molecule has 0 spiro atoms. The molecule has 2 amide bonds. The van der Waals surface area contributed by atoms with Crippen LogP contribution in [0.1, 0.15) is 42.7 Å². The molecule has 0 radical (unpaired) electrons. The molecule has 0 aliphatic carbocycles. The molecule has 1 N–H and O–H groups in total. The van der Waals surface area contributed by atoms with Crippen LogP contribution in [0.5, 0.6) is 17.8 Å². The molecule has 0 saturated carbocycles. The lowest BCUT2D eigenvalue weighted by atomic mass is 9.99. The summed E-state index contributed by atoms with van der Waals surface area (Å²) in [6.07, 6.45) is 5.33. The van der Waals surface area contributed by atoms with Crippen LogP contribution in [-0.2, 0) is 9.59 Å². The maximum Gasteiger partial charge on any atom is 0.330 e. The van der Waals surface area contributed by atoms with Crippen molar-refractivity contribution in [3.8, 4) is 17.8 Å². The van der Waals surface area contributed by atoms with Gasteiger partial charge in [0.05, 0.1) is 13.3 Å². The highest BCUT2D eigenvalue weighted by molar-refractivity contribution is 5.87. The summed E-state index contributed by atoms with van der Waals surface area (Å²) in [4.78, 5) is 41.4. The van der Waals surface area contributed by atoms with Gasteiger partial charge in [0.25, 0.3) is 5.91 Å². The minimum atomic E-state index is -0.346. The first-order valence-electron chi connectivity index (χ1n) is 13.0. The summed E-state index contributed by atoms with van der Waals surface area (Å²) >= 11 is 0. The number of nitrogens with zero attached hydrogens (tertiary/aromatic N) is 6. The average molecular weight is 530 g/mol. The summed E-state index contributed by atoms with van der Waals surface area (Å²) < 4.78 is 11.1. The van der Waals surface area contributed by atoms with E-state index < -0.39 is 0 Å². The number of hydrazone groups is 1. The zero-order valence-corrected chi connectivity index (χ0v) is 21.8. The largest absolute Gasteiger partial charge is 0.467 e. The van der Waals surface area contributed by atoms with Crippen LogP contribution in [0.4, 0.5) is 5.95 Å². The van der Waals surface area contributed by atoms with Crippen LogP contribution in [0.3, 0.4) is 0 Å². The van der Waals surface area contributed by atoms with Crippen molar-refractivity contribution in [2.24, 2.45) is 5.10 Å². The monoisotopic (exact) mass is 529 g/mol. The lowest BCUT2D eigenvalue weighted by Gasteiger charge is -2.26. The van der Waals surface area contributed by atoms with Crippen molar-refractivity contribution in [1.29, 1.82) is 0 Å². The third-order valence-corrected chi connectivity index (χ3v) is 6.72. The van der Waals surface area contributed by atoms with Crippen LogP contribution in [-0.4, -0.2) is 71.2 Å². The maximum atomic E-state index is 12.4. The van der Waals surface area contributed by atoms with Gasteiger partial charge < -0.3 is 19.3 Å². The molecule has 11 heteroatoms. The summed E-state index contributed by atoms with van der Waals surface area (Å²) in [6.45, 7) is 2.27. The van der Waals surface area contributed by atoms with E-state index in [0.717, 1.165) is 37.1 Å². The quantitative estimate of drug-likeness (QED) is 0.331. The van der Waals surface area contributed by atoms with E-state index in [1.54, 1.807) is 29.2 Å². The van der Waals surface area contributed by atoms with Crippen molar-refractivity contribution in [2.75, 3.05) is 38.2 Å². The molecule has 5 rings (SSSR count). The Labute approximate surface area is 226 Å². The Morgan fingerprint density at radius 1 is 1.03 bits per heavy atom. The fourth-order valence-corrected chi connectivity index (χ4v) is 4.69. The van der Waals surface area contributed by atoms with E-state index in [4.69, 9.17) is 9.47 Å². The molecule has 2 fully saturated rings. The number of ether oxygens (including phenoxy) is 2. The number of aromatic nitrogens is 3. The third-order valence-electron chi connectivity index (χ3n) is 6.72. The predicted octanol–water partition coefficient (Wildman–Crippen LogP) is 3.13. The standard InChI is InChI=1S/C28H31N7O4/c1-38-27-30-26(34-14-6-3-7-15-34)31-28(32-27)39-23-12-10-20(11-13-23)17-29-33-24(36)19-35-18-22(16-25(35)37)21-8-4-2-5-9-21/h2,4-5,8-13,17,22H,3,6-7,14-16,18-19H2,1H3,(H,33,36)/b29-17-/t22-/m1/s1. The van der Waals surface area contributed by atoms with Gasteiger partial charge in [0.2, 0.25) is 11.9 Å². The van der Waals surface area contributed by atoms with Crippen LogP contribution in [0.2, 0.25) is 0 Å². The first-order valence-corrected chi connectivity index (χ1v) is 13.0. The van der Waals surface area contributed by atoms with Gasteiger partial charge in [0, 0.05) is 32.0 Å². The minimum Gasteiger partial charge on any atom is -0.467 e. The van der Waals surface area contributed by atoms with Gasteiger partial charge in [-0.2, -0.15) is 15.1 Å². The normalized spacial score (nSPS) is 17.5. The van der Waals surface area contributed by atoms with Crippen LogP contribution in [0.15, 0.2) is 59.7 Å². The lowest BCUT2D eigenvalue weighted by Crippen LogP contribution is -2.36. The Bertz CT molecular complexity index is 1310. The zero-order chi connectivity index (χ0) is 27.0. The molecule has 2 aromatic carbocycles. The number of hydrogen-bond donors (Lipinski definition) is 1. The summed E-state index contributed by atoms with van der Waals surface area (Å²) in [7, 11) is 1.51. The summed E-state index contributed by atoms with van der Waals surface area (Å²) in [5.74, 6) is 0.807. The van der Waals surface area contributed by atoms with E-state index >= 15 is 0 Å². The fraction of sp³-hybridized carbons (Fsp3) is 0.357. The van der Waals surface area contributed by atoms with Gasteiger partial charge in [0.1, 0.15) is 12.3 Å². The number of likely N-dealkylation sites (tertiary alicyclic amines) is 1. The molecule has 0 unspecified atom stereocenters. The highest BCUT2D eigenvalue weighted by Gasteiger charge is 2.31. The number of carbonyl (C=O) groups is 2. The number of hydrogen-bond acceptors (Lipinski definition) is 9. The number of carbonyl (C=O) groups excluding carboxylic acids is 2. The van der Waals surface area contributed by atoms with Gasteiger partial charge in [-0.05, 0) is 54.7 Å². The Morgan fingerprint density at radius 3 is 2.51 bits per heavy atom. The van der Waals surface area contributed by atoms with Gasteiger partial charge in [-0.1, -0.05) is 30.3 Å². The molecule has 1 atom stereocenters. The highest BCUT2D eigenvalue weighted by Crippen LogP contribution is 2.28. The second kappa shape index (κ2) is 12.3. The zero-order valence-electron chi connectivity index (χ0n) is 21.8. The number of nitrogens with one attached hydrogen (secondary N) is 1. The molecule has 3 heterocycles. The molecule has 2 aliphatic heterocycles. The van der Waals surface area contributed by atoms with Crippen LogP contribution in [0.25, 0.3) is 0 Å². The molecule has 11 nitrogen and oxygen atoms in total. The third kappa shape index (κ3) is 6.86. The summed E-state index contributed by atoms with van der Waals surface area (Å²) in [6, 6.07) is 17.3. The molecule has 3 aromatic rings. The van der Waals surface area contributed by atoms with Gasteiger partial charge >= 0.3 is 12.0 Å². The number of rotatable bonds is 9. The molecule has 2 saturated heterocycles. The van der Waals surface area contributed by atoms with Crippen molar-refractivity contribution in [3.05, 3.63) is 65.7 Å². The van der Waals surface area contributed by atoms with Crippen LogP contribution >= 0.6 is 0 Å². The van der Waals surface area contributed by atoms with Crippen molar-refractivity contribution < 1.29 is 19.1 Å². The minimum absolute atomic E-state index is 0.0267. The van der Waals surface area contributed by atoms with Gasteiger partial charge in [0.15, 0.2) is 0 Å². The second-order valence-corrected chi connectivity index (χ2v) is 9.50. The summed E-state index contributed by atoms with van der Waals surface area (Å²) in [5, 5.41) is 4.03. The Morgan fingerprint density at radius 2 is 1.77 bits per heavy atom. The highest BCUT2D eigenvalue weighted by atomic mass is 16.5. The van der Waals surface area contributed by atoms with Crippen molar-refractivity contribution in [3.63, 3.8) is 0 Å². The maximum absolute atomic E-state index is 12.4. The number of anilines is 1. The first-order chi connectivity index (χ1) is 19.1. The van der Waals surface area contributed by atoms with E-state index in [9.17, 15) is 9.59 Å². The second-order valence-electron chi connectivity index (χ2n) is 9.50. The van der Waals surface area contributed by atoms with E-state index in [0.29, 0.717) is 24.7 Å². The molecule has 202 valence electrons. The Balaban J connectivity index is 1.13. The number of amides is 2. The van der Waals surface area contributed by atoms with E-state index in [2.05, 4.69) is 30.4 Å². The molecule has 1 aromatic heterocycles. The predicted molar refractivity (Wildman–Crippen MR) is 145 cm³/mol. The molecular formula is C28H31N7O4. The van der Waals surface area contributed by atoms with Crippen molar-refractivity contribution in [1.82, 2.24) is 25.3 Å². The van der Waals surface area contributed by atoms with E-state index in [-0.39, 0.29) is 36.3 Å². The SMILES string of the molecule is COc1nc(Oc2ccc(/C=N\NC(=O)CN3C[C@H](c4ccccc4)CC3=O)cc2)nc(N2CCCCC2)n1. The van der Waals surface area contributed by atoms with Gasteiger partial charge in [-0.3, -0.25) is 9.59 Å². The van der Waals surface area contributed by atoms with Crippen LogP contribution in [0, 0.1) is 0 Å². The van der Waals surface area contributed by atoms with E-state index in [1.807, 2.05) is 30.3 Å². The molecule has 0 bridgehead atoms. The fourth-order valence-electron chi connectivity index (χ4n) is 4.69. The molecule has 39 heavy (non-hydrogen) atoms. The smallest absolute Gasteiger partial charge is 0.330 e. The topological polar surface area (TPSA) is 122 Å². The number of benzene rings is 2. The van der Waals surface area contributed by atoms with Crippen molar-refractivity contribution >= 4 is 24.0 Å². The Kier molecular flexibility index (Phi) is 8.25. The molecular weight excluding hydrogens is 498 g/mol. The Hall–Kier alpha value is -4.54. The number of piperidine rings is 1. The van der Waals surface area contributed by atoms with Crippen molar-refractivity contribution in [2.45, 2.75) is 31.6 Å². The lowest BCUT2D eigenvalue weighted by molar-refractivity contribution is -0.133. The summed E-state index contributed by atoms with van der Waals surface area (Å²) in [5.41, 5.74) is 4.36. The van der Waals surface area contributed by atoms with Gasteiger partial charge in [-0.15, -0.1) is 4.98 Å². The van der Waals surface area contributed by atoms with Crippen LogP contribution < -0.4 is 19.8 Å². The average Bonchev–Trinajstić information content (AvgIpc) is 3.34. The number of methoxy groups -OCH3 is 1. The van der Waals surface area contributed by atoms with E-state index in [1.165, 1.54) is 19.7 Å². The molecule has 2 aliphatic rings. The van der Waals surface area contributed by atoms with Gasteiger partial charge in [-0.25, -0.2) is 5.43 Å².